The summed E-state index contributed by atoms with van der Waals surface area (Å²) in [7, 11) is 1.74. The molecule has 0 bridgehead atoms. The molecule has 2 heterocycles. The van der Waals surface area contributed by atoms with Crippen molar-refractivity contribution < 1.29 is 9.90 Å². The Labute approximate surface area is 109 Å². The van der Waals surface area contributed by atoms with Crippen molar-refractivity contribution in [2.45, 2.75) is 26.3 Å². The molecule has 2 rings (SSSR count). The van der Waals surface area contributed by atoms with Gasteiger partial charge in [-0.2, -0.15) is 0 Å². The maximum Gasteiger partial charge on any atom is 0.328 e. The zero-order chi connectivity index (χ0) is 13.5. The zero-order valence-corrected chi connectivity index (χ0v) is 11.6. The molecule has 0 fully saturated rings. The maximum absolute atomic E-state index is 11.3. The van der Waals surface area contributed by atoms with Crippen molar-refractivity contribution in [2.75, 3.05) is 11.9 Å². The average molecular weight is 265 g/mol. The third-order valence-electron chi connectivity index (χ3n) is 3.11. The predicted molar refractivity (Wildman–Crippen MR) is 72.3 cm³/mol. The highest BCUT2D eigenvalue weighted by Gasteiger charge is 2.34. The van der Waals surface area contributed by atoms with Crippen molar-refractivity contribution in [2.24, 2.45) is 0 Å². The SMILES string of the molecule is Cc1cc2c(N(C)C(C)(C)C(=O)O)ncnc2s1. The van der Waals surface area contributed by atoms with Crippen LogP contribution in [0.3, 0.4) is 0 Å². The van der Waals surface area contributed by atoms with E-state index in [2.05, 4.69) is 9.97 Å². The molecule has 5 nitrogen and oxygen atoms in total. The van der Waals surface area contributed by atoms with Crippen molar-refractivity contribution in [3.8, 4) is 0 Å². The number of hydrogen-bond donors (Lipinski definition) is 1. The molecule has 0 unspecified atom stereocenters. The average Bonchev–Trinajstić information content (AvgIpc) is 2.67. The molecule has 2 aromatic heterocycles. The number of nitrogens with zero attached hydrogens (tertiary/aromatic N) is 3. The number of anilines is 1. The molecule has 96 valence electrons. The minimum absolute atomic E-state index is 0.650. The standard InChI is InChI=1S/C12H15N3O2S/c1-7-5-8-9(13-6-14-10(8)18-7)15(4)12(2,3)11(16)17/h5-6H,1-4H3,(H,16,17). The van der Waals surface area contributed by atoms with E-state index in [0.29, 0.717) is 5.82 Å². The number of carboxylic acids is 1. The molecule has 0 aromatic carbocycles. The van der Waals surface area contributed by atoms with Gasteiger partial charge in [-0.05, 0) is 26.8 Å². The normalized spacial score (nSPS) is 11.8. The van der Waals surface area contributed by atoms with E-state index < -0.39 is 11.5 Å². The monoisotopic (exact) mass is 265 g/mol. The first-order valence-electron chi connectivity index (χ1n) is 5.52. The Morgan fingerprint density at radius 3 is 2.72 bits per heavy atom. The van der Waals surface area contributed by atoms with Gasteiger partial charge in [0, 0.05) is 11.9 Å². The molecule has 1 N–H and O–H groups in total. The van der Waals surface area contributed by atoms with E-state index >= 15 is 0 Å². The van der Waals surface area contributed by atoms with Crippen molar-refractivity contribution in [3.63, 3.8) is 0 Å². The Morgan fingerprint density at radius 2 is 2.11 bits per heavy atom. The quantitative estimate of drug-likeness (QED) is 0.922. The molecule has 0 atom stereocenters. The van der Waals surface area contributed by atoms with E-state index in [4.69, 9.17) is 0 Å². The van der Waals surface area contributed by atoms with Crippen LogP contribution >= 0.6 is 11.3 Å². The van der Waals surface area contributed by atoms with E-state index in [9.17, 15) is 9.90 Å². The van der Waals surface area contributed by atoms with Gasteiger partial charge in [0.05, 0.1) is 5.39 Å². The second kappa shape index (κ2) is 4.20. The number of aromatic nitrogens is 2. The fourth-order valence-electron chi connectivity index (χ4n) is 1.64. The number of fused-ring (bicyclic) bond motifs is 1. The summed E-state index contributed by atoms with van der Waals surface area (Å²) in [6.45, 7) is 5.31. The maximum atomic E-state index is 11.3. The molecule has 0 amide bonds. The lowest BCUT2D eigenvalue weighted by molar-refractivity contribution is -0.142. The van der Waals surface area contributed by atoms with Crippen LogP contribution in [0.15, 0.2) is 12.4 Å². The van der Waals surface area contributed by atoms with E-state index in [1.807, 2.05) is 13.0 Å². The van der Waals surface area contributed by atoms with Crippen molar-refractivity contribution in [1.82, 2.24) is 9.97 Å². The first-order chi connectivity index (χ1) is 8.34. The summed E-state index contributed by atoms with van der Waals surface area (Å²) < 4.78 is 0. The van der Waals surface area contributed by atoms with Gasteiger partial charge in [-0.1, -0.05) is 0 Å². The van der Waals surface area contributed by atoms with Crippen LogP contribution in [-0.4, -0.2) is 33.6 Å². The lowest BCUT2D eigenvalue weighted by Crippen LogP contribution is -2.48. The smallest absolute Gasteiger partial charge is 0.328 e. The molecular formula is C12H15N3O2S. The summed E-state index contributed by atoms with van der Waals surface area (Å²) in [5, 5.41) is 10.2. The van der Waals surface area contributed by atoms with E-state index in [1.165, 1.54) is 6.33 Å². The van der Waals surface area contributed by atoms with Crippen molar-refractivity contribution in [1.29, 1.82) is 0 Å². The molecule has 2 aromatic rings. The van der Waals surface area contributed by atoms with Crippen LogP contribution in [0.1, 0.15) is 18.7 Å². The lowest BCUT2D eigenvalue weighted by atomic mass is 10.0. The Kier molecular flexibility index (Phi) is 2.98. The topological polar surface area (TPSA) is 66.3 Å². The van der Waals surface area contributed by atoms with Crippen LogP contribution in [0.2, 0.25) is 0 Å². The first kappa shape index (κ1) is 12.8. The van der Waals surface area contributed by atoms with E-state index in [0.717, 1.165) is 15.1 Å². The summed E-state index contributed by atoms with van der Waals surface area (Å²) in [5.74, 6) is -0.236. The molecule has 6 heteroatoms. The van der Waals surface area contributed by atoms with E-state index in [-0.39, 0.29) is 0 Å². The van der Waals surface area contributed by atoms with Gasteiger partial charge in [-0.3, -0.25) is 0 Å². The van der Waals surface area contributed by atoms with Gasteiger partial charge in [-0.25, -0.2) is 14.8 Å². The third-order valence-corrected chi connectivity index (χ3v) is 4.07. The number of carboxylic acid groups (broad SMARTS) is 1. The zero-order valence-electron chi connectivity index (χ0n) is 10.8. The predicted octanol–water partition coefficient (Wildman–Crippen LogP) is 2.30. The van der Waals surface area contributed by atoms with Crippen molar-refractivity contribution >= 4 is 33.3 Å². The first-order valence-corrected chi connectivity index (χ1v) is 6.34. The van der Waals surface area contributed by atoms with Gasteiger partial charge in [0.15, 0.2) is 0 Å². The summed E-state index contributed by atoms with van der Waals surface area (Å²) in [5.41, 5.74) is -1.02. The molecule has 0 saturated heterocycles. The fraction of sp³-hybridized carbons (Fsp3) is 0.417. The van der Waals surface area contributed by atoms with Crippen LogP contribution in [0, 0.1) is 6.92 Å². The lowest BCUT2D eigenvalue weighted by Gasteiger charge is -2.32. The van der Waals surface area contributed by atoms with Crippen LogP contribution in [0.5, 0.6) is 0 Å². The second-order valence-corrected chi connectivity index (χ2v) is 5.93. The molecule has 0 radical (unpaired) electrons. The Morgan fingerprint density at radius 1 is 1.44 bits per heavy atom. The highest BCUT2D eigenvalue weighted by Crippen LogP contribution is 2.32. The van der Waals surface area contributed by atoms with Crippen molar-refractivity contribution in [3.05, 3.63) is 17.3 Å². The summed E-state index contributed by atoms with van der Waals surface area (Å²) in [6.07, 6.45) is 1.47. The van der Waals surface area contributed by atoms with Gasteiger partial charge >= 0.3 is 5.97 Å². The Hall–Kier alpha value is -1.69. The molecule has 0 spiro atoms. The molecule has 18 heavy (non-hydrogen) atoms. The van der Waals surface area contributed by atoms with Gasteiger partial charge in [0.25, 0.3) is 0 Å². The molecule has 0 aliphatic rings. The Balaban J connectivity index is 2.57. The number of aliphatic carboxylic acids is 1. The summed E-state index contributed by atoms with van der Waals surface area (Å²) in [4.78, 5) is 23.4. The molecule has 0 aliphatic carbocycles. The number of carbonyl (C=O) groups is 1. The number of rotatable bonds is 3. The number of aryl methyl sites for hydroxylation is 1. The largest absolute Gasteiger partial charge is 0.480 e. The van der Waals surface area contributed by atoms with Crippen LogP contribution in [-0.2, 0) is 4.79 Å². The summed E-state index contributed by atoms with van der Waals surface area (Å²) >= 11 is 1.58. The molecular weight excluding hydrogens is 250 g/mol. The van der Waals surface area contributed by atoms with Crippen LogP contribution < -0.4 is 4.90 Å². The highest BCUT2D eigenvalue weighted by molar-refractivity contribution is 7.18. The number of thiophene rings is 1. The van der Waals surface area contributed by atoms with Gasteiger partial charge in [-0.15, -0.1) is 11.3 Å². The third kappa shape index (κ3) is 1.92. The Bertz CT molecular complexity index is 606. The van der Waals surface area contributed by atoms with E-state index in [1.54, 1.807) is 37.1 Å². The minimum Gasteiger partial charge on any atom is -0.480 e. The second-order valence-electron chi connectivity index (χ2n) is 4.70. The van der Waals surface area contributed by atoms with Crippen LogP contribution in [0.25, 0.3) is 10.2 Å². The number of likely N-dealkylation sites (N-methyl/N-ethyl adjacent to an activating group) is 1. The van der Waals surface area contributed by atoms with Gasteiger partial charge < -0.3 is 10.0 Å². The highest BCUT2D eigenvalue weighted by atomic mass is 32.1. The van der Waals surface area contributed by atoms with Gasteiger partial charge in [0.1, 0.15) is 22.5 Å². The molecule has 0 aliphatic heterocycles. The summed E-state index contributed by atoms with van der Waals surface area (Å²) in [6, 6.07) is 1.99. The van der Waals surface area contributed by atoms with Gasteiger partial charge in [0.2, 0.25) is 0 Å². The minimum atomic E-state index is -1.02. The molecule has 0 saturated carbocycles. The number of hydrogen-bond acceptors (Lipinski definition) is 5. The fourth-order valence-corrected chi connectivity index (χ4v) is 2.48. The van der Waals surface area contributed by atoms with Crippen LogP contribution in [0.4, 0.5) is 5.82 Å².